The Kier molecular flexibility index (Phi) is 3.19. The van der Waals surface area contributed by atoms with Gasteiger partial charge in [0.1, 0.15) is 0 Å². The zero-order valence-electron chi connectivity index (χ0n) is 8.24. The molecule has 4 heteroatoms. The SMILES string of the molecule is CC(C)=Cc1nc(CC(C)N)no1. The first kappa shape index (κ1) is 9.92. The molecule has 0 fully saturated rings. The number of nitrogens with zero attached hydrogens (tertiary/aromatic N) is 2. The summed E-state index contributed by atoms with van der Waals surface area (Å²) in [6, 6.07) is 0.0668. The lowest BCUT2D eigenvalue weighted by atomic mass is 10.2. The van der Waals surface area contributed by atoms with E-state index in [1.54, 1.807) is 0 Å². The van der Waals surface area contributed by atoms with Gasteiger partial charge in [0.15, 0.2) is 5.82 Å². The standard InChI is InChI=1S/C9H15N3O/c1-6(2)4-9-11-8(12-13-9)5-7(3)10/h4,7H,5,10H2,1-3H3. The normalized spacial score (nSPS) is 12.6. The molecule has 0 aliphatic rings. The van der Waals surface area contributed by atoms with Gasteiger partial charge in [-0.05, 0) is 20.8 Å². The second-order valence-electron chi connectivity index (χ2n) is 3.45. The summed E-state index contributed by atoms with van der Waals surface area (Å²) in [5.41, 5.74) is 6.73. The van der Waals surface area contributed by atoms with Crippen molar-refractivity contribution in [2.45, 2.75) is 33.2 Å². The predicted molar refractivity (Wildman–Crippen MR) is 51.0 cm³/mol. The summed E-state index contributed by atoms with van der Waals surface area (Å²) in [6.07, 6.45) is 2.50. The largest absolute Gasteiger partial charge is 0.335 e. The van der Waals surface area contributed by atoms with Crippen LogP contribution < -0.4 is 5.73 Å². The Morgan fingerprint density at radius 1 is 1.62 bits per heavy atom. The number of nitrogens with two attached hydrogens (primary N) is 1. The molecule has 0 spiro atoms. The molecule has 72 valence electrons. The van der Waals surface area contributed by atoms with E-state index < -0.39 is 0 Å². The van der Waals surface area contributed by atoms with E-state index in [2.05, 4.69) is 10.1 Å². The van der Waals surface area contributed by atoms with E-state index in [9.17, 15) is 0 Å². The average Bonchev–Trinajstić information content (AvgIpc) is 2.33. The second-order valence-corrected chi connectivity index (χ2v) is 3.45. The maximum atomic E-state index is 5.60. The van der Waals surface area contributed by atoms with Crippen LogP contribution >= 0.6 is 0 Å². The molecular formula is C9H15N3O. The highest BCUT2D eigenvalue weighted by Gasteiger charge is 2.05. The van der Waals surface area contributed by atoms with Crippen LogP contribution in [0.3, 0.4) is 0 Å². The lowest BCUT2D eigenvalue weighted by Gasteiger charge is -1.96. The van der Waals surface area contributed by atoms with Crippen molar-refractivity contribution in [2.75, 3.05) is 0 Å². The molecule has 2 N–H and O–H groups in total. The van der Waals surface area contributed by atoms with Crippen molar-refractivity contribution in [3.63, 3.8) is 0 Å². The summed E-state index contributed by atoms with van der Waals surface area (Å²) in [4.78, 5) is 4.16. The van der Waals surface area contributed by atoms with E-state index in [4.69, 9.17) is 10.3 Å². The highest BCUT2D eigenvalue weighted by atomic mass is 16.5. The molecule has 0 radical (unpaired) electrons. The maximum absolute atomic E-state index is 5.60. The molecule has 0 amide bonds. The first-order valence-corrected chi connectivity index (χ1v) is 4.31. The van der Waals surface area contributed by atoms with Gasteiger partial charge in [-0.15, -0.1) is 0 Å². The molecule has 1 heterocycles. The third-order valence-electron chi connectivity index (χ3n) is 1.40. The van der Waals surface area contributed by atoms with Crippen LogP contribution in [0.25, 0.3) is 6.08 Å². The van der Waals surface area contributed by atoms with Crippen molar-refractivity contribution in [3.8, 4) is 0 Å². The van der Waals surface area contributed by atoms with E-state index in [1.807, 2.05) is 26.8 Å². The van der Waals surface area contributed by atoms with Gasteiger partial charge in [0.05, 0.1) is 0 Å². The molecule has 1 atom stereocenters. The van der Waals surface area contributed by atoms with Crippen molar-refractivity contribution in [1.82, 2.24) is 10.1 Å². The number of hydrogen-bond acceptors (Lipinski definition) is 4. The van der Waals surface area contributed by atoms with E-state index in [0.717, 1.165) is 5.57 Å². The van der Waals surface area contributed by atoms with E-state index >= 15 is 0 Å². The van der Waals surface area contributed by atoms with Gasteiger partial charge in [-0.25, -0.2) is 0 Å². The van der Waals surface area contributed by atoms with E-state index in [1.165, 1.54) is 0 Å². The van der Waals surface area contributed by atoms with Gasteiger partial charge in [0.2, 0.25) is 0 Å². The second kappa shape index (κ2) is 4.18. The Morgan fingerprint density at radius 3 is 2.85 bits per heavy atom. The molecule has 13 heavy (non-hydrogen) atoms. The van der Waals surface area contributed by atoms with Crippen molar-refractivity contribution in [1.29, 1.82) is 0 Å². The fourth-order valence-electron chi connectivity index (χ4n) is 0.944. The third-order valence-corrected chi connectivity index (χ3v) is 1.40. The molecule has 1 aromatic heterocycles. The minimum atomic E-state index is 0.0668. The number of aromatic nitrogens is 2. The molecule has 0 saturated carbocycles. The van der Waals surface area contributed by atoms with Gasteiger partial charge < -0.3 is 10.3 Å². The Bertz CT molecular complexity index is 298. The van der Waals surface area contributed by atoms with Gasteiger partial charge in [-0.3, -0.25) is 0 Å². The summed E-state index contributed by atoms with van der Waals surface area (Å²) in [5, 5.41) is 3.80. The summed E-state index contributed by atoms with van der Waals surface area (Å²) in [5.74, 6) is 1.22. The van der Waals surface area contributed by atoms with Crippen LogP contribution in [-0.2, 0) is 6.42 Å². The smallest absolute Gasteiger partial charge is 0.250 e. The Balaban J connectivity index is 2.69. The summed E-state index contributed by atoms with van der Waals surface area (Å²) in [7, 11) is 0. The summed E-state index contributed by atoms with van der Waals surface area (Å²) >= 11 is 0. The third kappa shape index (κ3) is 3.38. The Morgan fingerprint density at radius 2 is 2.31 bits per heavy atom. The molecule has 1 aromatic rings. The van der Waals surface area contributed by atoms with Crippen LogP contribution in [0.15, 0.2) is 10.1 Å². The molecular weight excluding hydrogens is 166 g/mol. The first-order valence-electron chi connectivity index (χ1n) is 4.31. The molecule has 4 nitrogen and oxygen atoms in total. The monoisotopic (exact) mass is 181 g/mol. The highest BCUT2D eigenvalue weighted by Crippen LogP contribution is 2.04. The van der Waals surface area contributed by atoms with Crippen LogP contribution in [0, 0.1) is 0 Å². The van der Waals surface area contributed by atoms with Crippen molar-refractivity contribution in [2.24, 2.45) is 5.73 Å². The van der Waals surface area contributed by atoms with Gasteiger partial charge >= 0.3 is 0 Å². The Hall–Kier alpha value is -1.16. The molecule has 1 rings (SSSR count). The number of allylic oxidation sites excluding steroid dienone is 1. The topological polar surface area (TPSA) is 64.9 Å². The molecule has 0 aliphatic carbocycles. The number of hydrogen-bond donors (Lipinski definition) is 1. The fourth-order valence-corrected chi connectivity index (χ4v) is 0.944. The molecule has 1 unspecified atom stereocenters. The quantitative estimate of drug-likeness (QED) is 0.765. The van der Waals surface area contributed by atoms with Gasteiger partial charge in [0, 0.05) is 18.5 Å². The zero-order chi connectivity index (χ0) is 9.84. The van der Waals surface area contributed by atoms with Crippen LogP contribution in [-0.4, -0.2) is 16.2 Å². The molecule has 0 bridgehead atoms. The lowest BCUT2D eigenvalue weighted by molar-refractivity contribution is 0.401. The number of rotatable bonds is 3. The maximum Gasteiger partial charge on any atom is 0.250 e. The van der Waals surface area contributed by atoms with Crippen LogP contribution in [0.5, 0.6) is 0 Å². The van der Waals surface area contributed by atoms with E-state index in [0.29, 0.717) is 18.1 Å². The first-order chi connectivity index (χ1) is 6.08. The fraction of sp³-hybridized carbons (Fsp3) is 0.556. The zero-order valence-corrected chi connectivity index (χ0v) is 8.24. The minimum Gasteiger partial charge on any atom is -0.335 e. The molecule has 0 aliphatic heterocycles. The predicted octanol–water partition coefficient (Wildman–Crippen LogP) is 1.38. The molecule has 0 saturated heterocycles. The van der Waals surface area contributed by atoms with Crippen LogP contribution in [0.1, 0.15) is 32.5 Å². The van der Waals surface area contributed by atoms with Crippen molar-refractivity contribution < 1.29 is 4.52 Å². The summed E-state index contributed by atoms with van der Waals surface area (Å²) < 4.78 is 4.98. The van der Waals surface area contributed by atoms with Gasteiger partial charge in [-0.2, -0.15) is 4.98 Å². The van der Waals surface area contributed by atoms with Gasteiger partial charge in [0.25, 0.3) is 5.89 Å². The van der Waals surface area contributed by atoms with E-state index in [-0.39, 0.29) is 6.04 Å². The Labute approximate surface area is 77.8 Å². The van der Waals surface area contributed by atoms with Gasteiger partial charge in [-0.1, -0.05) is 10.7 Å². The van der Waals surface area contributed by atoms with Crippen LogP contribution in [0.2, 0.25) is 0 Å². The summed E-state index contributed by atoms with van der Waals surface area (Å²) in [6.45, 7) is 5.88. The minimum absolute atomic E-state index is 0.0668. The highest BCUT2D eigenvalue weighted by molar-refractivity contribution is 5.41. The van der Waals surface area contributed by atoms with Crippen molar-refractivity contribution in [3.05, 3.63) is 17.3 Å². The van der Waals surface area contributed by atoms with Crippen molar-refractivity contribution >= 4 is 6.08 Å². The average molecular weight is 181 g/mol. The van der Waals surface area contributed by atoms with Crippen LogP contribution in [0.4, 0.5) is 0 Å². The molecule has 0 aromatic carbocycles. The lowest BCUT2D eigenvalue weighted by Crippen LogP contribution is -2.18.